The van der Waals surface area contributed by atoms with Gasteiger partial charge in [0.25, 0.3) is 5.91 Å². The van der Waals surface area contributed by atoms with Crippen molar-refractivity contribution in [2.45, 2.75) is 24.7 Å². The summed E-state index contributed by atoms with van der Waals surface area (Å²) < 4.78 is 0. The predicted molar refractivity (Wildman–Crippen MR) is 120 cm³/mol. The highest BCUT2D eigenvalue weighted by Crippen LogP contribution is 2.42. The standard InChI is InChI=1S/C23H20N4O2S/c1-13-21(23(29)27-26-13)19-12-20(17-4-2-3-5-18(17)25-19)30-16-10-8-15(9-11-16)24-22(28)14-6-7-14/h2-5,8-12,14,25H,6-7H2,1H3,(H,24,28)(H,27,29). The van der Waals surface area contributed by atoms with Gasteiger partial charge in [-0.3, -0.25) is 9.59 Å². The first kappa shape index (κ1) is 18.7. The number of hydrazone groups is 1. The molecule has 2 heterocycles. The molecular weight excluding hydrogens is 396 g/mol. The number of allylic oxidation sites excluding steroid dienone is 1. The molecule has 0 bridgehead atoms. The molecule has 2 aromatic carbocycles. The zero-order valence-electron chi connectivity index (χ0n) is 16.4. The molecule has 7 heteroatoms. The molecule has 0 atom stereocenters. The molecule has 1 fully saturated rings. The number of nitrogens with zero attached hydrogens (tertiary/aromatic N) is 1. The number of anilines is 2. The maximum Gasteiger partial charge on any atom is 0.275 e. The van der Waals surface area contributed by atoms with Gasteiger partial charge in [0.05, 0.1) is 17.0 Å². The first-order valence-corrected chi connectivity index (χ1v) is 10.7. The summed E-state index contributed by atoms with van der Waals surface area (Å²) in [7, 11) is 0. The summed E-state index contributed by atoms with van der Waals surface area (Å²) in [5.41, 5.74) is 7.32. The van der Waals surface area contributed by atoms with E-state index in [9.17, 15) is 9.59 Å². The highest BCUT2D eigenvalue weighted by Gasteiger charge is 2.29. The highest BCUT2D eigenvalue weighted by atomic mass is 32.2. The summed E-state index contributed by atoms with van der Waals surface area (Å²) in [5.74, 6) is 0.0842. The Labute approximate surface area is 178 Å². The number of carbonyl (C=O) groups is 2. The number of fused-ring (bicyclic) bond motifs is 1. The van der Waals surface area contributed by atoms with Gasteiger partial charge in [0, 0.05) is 32.7 Å². The third-order valence-corrected chi connectivity index (χ3v) is 6.28. The second-order valence-corrected chi connectivity index (χ2v) is 8.61. The number of hydrogen-bond acceptors (Lipinski definition) is 5. The summed E-state index contributed by atoms with van der Waals surface area (Å²) in [6.07, 6.45) is 3.97. The number of para-hydroxylation sites is 1. The Hall–Kier alpha value is -3.32. The summed E-state index contributed by atoms with van der Waals surface area (Å²) in [5, 5.41) is 10.4. The average molecular weight is 417 g/mol. The van der Waals surface area contributed by atoms with Crippen molar-refractivity contribution in [3.63, 3.8) is 0 Å². The first-order valence-electron chi connectivity index (χ1n) is 9.84. The average Bonchev–Trinajstić information content (AvgIpc) is 3.54. The van der Waals surface area contributed by atoms with Crippen molar-refractivity contribution in [1.82, 2.24) is 5.43 Å². The molecule has 2 aromatic rings. The van der Waals surface area contributed by atoms with Crippen molar-refractivity contribution < 1.29 is 9.59 Å². The van der Waals surface area contributed by atoms with Gasteiger partial charge in [0.15, 0.2) is 0 Å². The lowest BCUT2D eigenvalue weighted by Crippen LogP contribution is -2.18. The summed E-state index contributed by atoms with van der Waals surface area (Å²) in [4.78, 5) is 26.3. The van der Waals surface area contributed by atoms with Crippen molar-refractivity contribution in [2.24, 2.45) is 11.0 Å². The van der Waals surface area contributed by atoms with E-state index in [1.807, 2.05) is 55.5 Å². The summed E-state index contributed by atoms with van der Waals surface area (Å²) in [6, 6.07) is 15.9. The lowest BCUT2D eigenvalue weighted by molar-refractivity contribution is -0.117. The van der Waals surface area contributed by atoms with Crippen molar-refractivity contribution in [3.05, 3.63) is 71.4 Å². The fourth-order valence-corrected chi connectivity index (χ4v) is 4.46. The van der Waals surface area contributed by atoms with Gasteiger partial charge in [0.1, 0.15) is 0 Å². The van der Waals surface area contributed by atoms with Crippen LogP contribution in [0.3, 0.4) is 0 Å². The second-order valence-electron chi connectivity index (χ2n) is 7.50. The van der Waals surface area contributed by atoms with E-state index in [0.717, 1.165) is 45.3 Å². The molecule has 1 aliphatic carbocycles. The maximum atomic E-state index is 12.2. The molecule has 150 valence electrons. The van der Waals surface area contributed by atoms with Gasteiger partial charge >= 0.3 is 0 Å². The molecule has 6 nitrogen and oxygen atoms in total. The minimum atomic E-state index is -0.203. The molecular formula is C23H20N4O2S. The molecule has 0 spiro atoms. The largest absolute Gasteiger partial charge is 0.354 e. The fraction of sp³-hybridized carbons (Fsp3) is 0.174. The maximum absolute atomic E-state index is 12.2. The molecule has 2 amide bonds. The number of hydrogen-bond donors (Lipinski definition) is 3. The van der Waals surface area contributed by atoms with E-state index < -0.39 is 0 Å². The Balaban J connectivity index is 1.44. The van der Waals surface area contributed by atoms with Crippen LogP contribution < -0.4 is 16.1 Å². The van der Waals surface area contributed by atoms with Gasteiger partial charge in [0.2, 0.25) is 5.91 Å². The quantitative estimate of drug-likeness (QED) is 0.647. The van der Waals surface area contributed by atoms with Crippen LogP contribution in [0.15, 0.2) is 75.9 Å². The molecule has 30 heavy (non-hydrogen) atoms. The van der Waals surface area contributed by atoms with Crippen LogP contribution >= 0.6 is 11.8 Å². The lowest BCUT2D eigenvalue weighted by Gasteiger charge is -2.22. The molecule has 3 N–H and O–H groups in total. The zero-order chi connectivity index (χ0) is 20.7. The Morgan fingerprint density at radius 3 is 2.60 bits per heavy atom. The van der Waals surface area contributed by atoms with Gasteiger partial charge in [-0.1, -0.05) is 30.0 Å². The smallest absolute Gasteiger partial charge is 0.275 e. The first-order chi connectivity index (χ1) is 14.6. The third-order valence-electron chi connectivity index (χ3n) is 5.22. The van der Waals surface area contributed by atoms with E-state index >= 15 is 0 Å². The van der Waals surface area contributed by atoms with Crippen molar-refractivity contribution in [1.29, 1.82) is 0 Å². The third kappa shape index (κ3) is 3.64. The topological polar surface area (TPSA) is 82.6 Å². The van der Waals surface area contributed by atoms with Crippen LogP contribution in [0.1, 0.15) is 25.3 Å². The van der Waals surface area contributed by atoms with Gasteiger partial charge < -0.3 is 10.6 Å². The number of nitrogens with one attached hydrogen (secondary N) is 3. The van der Waals surface area contributed by atoms with Crippen LogP contribution in [-0.2, 0) is 9.59 Å². The van der Waals surface area contributed by atoms with E-state index in [0.29, 0.717) is 11.3 Å². The number of carbonyl (C=O) groups excluding carboxylic acids is 2. The highest BCUT2D eigenvalue weighted by molar-refractivity contribution is 8.08. The monoisotopic (exact) mass is 416 g/mol. The Bertz CT molecular complexity index is 1140. The predicted octanol–water partition coefficient (Wildman–Crippen LogP) is 4.35. The van der Waals surface area contributed by atoms with Crippen molar-refractivity contribution >= 4 is 45.6 Å². The molecule has 3 aliphatic rings. The summed E-state index contributed by atoms with van der Waals surface area (Å²) in [6.45, 7) is 1.82. The van der Waals surface area contributed by atoms with Gasteiger partial charge in [-0.2, -0.15) is 5.10 Å². The molecule has 0 saturated heterocycles. The molecule has 2 aliphatic heterocycles. The van der Waals surface area contributed by atoms with Crippen LogP contribution in [0.25, 0.3) is 4.91 Å². The van der Waals surface area contributed by atoms with Crippen LogP contribution in [0.5, 0.6) is 0 Å². The Morgan fingerprint density at radius 1 is 1.13 bits per heavy atom. The zero-order valence-corrected chi connectivity index (χ0v) is 17.2. The van der Waals surface area contributed by atoms with Gasteiger partial charge in [-0.05, 0) is 56.2 Å². The minimum absolute atomic E-state index is 0.105. The van der Waals surface area contributed by atoms with Crippen LogP contribution in [0.4, 0.5) is 11.4 Å². The Morgan fingerprint density at radius 2 is 1.90 bits per heavy atom. The molecule has 5 rings (SSSR count). The van der Waals surface area contributed by atoms with Crippen molar-refractivity contribution in [3.8, 4) is 0 Å². The van der Waals surface area contributed by atoms with Crippen LogP contribution in [0, 0.1) is 5.92 Å². The van der Waals surface area contributed by atoms with Crippen molar-refractivity contribution in [2.75, 3.05) is 10.6 Å². The van der Waals surface area contributed by atoms with Gasteiger partial charge in [-0.15, -0.1) is 0 Å². The minimum Gasteiger partial charge on any atom is -0.354 e. The van der Waals surface area contributed by atoms with E-state index in [-0.39, 0.29) is 17.7 Å². The van der Waals surface area contributed by atoms with E-state index in [2.05, 4.69) is 27.2 Å². The van der Waals surface area contributed by atoms with E-state index in [1.165, 1.54) is 0 Å². The number of benzene rings is 2. The van der Waals surface area contributed by atoms with Crippen LogP contribution in [-0.4, -0.2) is 17.5 Å². The summed E-state index contributed by atoms with van der Waals surface area (Å²) >= 11 is 1.62. The van der Waals surface area contributed by atoms with E-state index in [1.54, 1.807) is 11.8 Å². The normalized spacial score (nSPS) is 20.0. The Kier molecular flexibility index (Phi) is 4.67. The number of rotatable bonds is 4. The molecule has 1 saturated carbocycles. The SMILES string of the molecule is CC1=NNC(=O)C1=C1C=C(Sc2ccc(NC(=O)C3CC3)cc2)c2ccccc2N1. The fourth-order valence-electron chi connectivity index (χ4n) is 3.47. The molecule has 0 radical (unpaired) electrons. The van der Waals surface area contributed by atoms with Crippen LogP contribution in [0.2, 0.25) is 0 Å². The van der Waals surface area contributed by atoms with Gasteiger partial charge in [-0.25, -0.2) is 5.43 Å². The molecule has 0 unspecified atom stereocenters. The number of thioether (sulfide) groups is 1. The molecule has 0 aromatic heterocycles. The van der Waals surface area contributed by atoms with E-state index in [4.69, 9.17) is 0 Å². The second kappa shape index (κ2) is 7.50. The lowest BCUT2D eigenvalue weighted by atomic mass is 10.0. The number of amides is 2.